The first-order chi connectivity index (χ1) is 10.9. The van der Waals surface area contributed by atoms with Gasteiger partial charge >= 0.3 is 0 Å². The van der Waals surface area contributed by atoms with Gasteiger partial charge in [-0.15, -0.1) is 0 Å². The van der Waals surface area contributed by atoms with E-state index in [-0.39, 0.29) is 17.1 Å². The molecule has 0 aliphatic rings. The molecule has 1 heterocycles. The molecule has 0 saturated heterocycles. The van der Waals surface area contributed by atoms with E-state index in [1.54, 1.807) is 18.2 Å². The highest BCUT2D eigenvalue weighted by molar-refractivity contribution is 6.31. The number of nitro groups is 1. The lowest BCUT2D eigenvalue weighted by Gasteiger charge is -2.04. The number of fused-ring (bicyclic) bond motifs is 1. The third-order valence-corrected chi connectivity index (χ3v) is 3.35. The van der Waals surface area contributed by atoms with Crippen LogP contribution in [0.25, 0.3) is 11.0 Å². The number of rotatable bonds is 3. The summed E-state index contributed by atoms with van der Waals surface area (Å²) in [7, 11) is 0. The molecule has 1 amide bonds. The standard InChI is InChI=1S/C15H8ClFN2O4/c16-9-1-4-13-8(5-9)6-14(23-13)15(20)18-12-7-10(19(21)22)2-3-11(12)17/h1-7H,(H,18,20). The molecule has 0 bridgehead atoms. The number of benzene rings is 2. The van der Waals surface area contributed by atoms with Gasteiger partial charge < -0.3 is 9.73 Å². The van der Waals surface area contributed by atoms with Gasteiger partial charge in [-0.2, -0.15) is 0 Å². The van der Waals surface area contributed by atoms with Crippen LogP contribution < -0.4 is 5.32 Å². The Morgan fingerprint density at radius 1 is 1.22 bits per heavy atom. The Morgan fingerprint density at radius 2 is 2.00 bits per heavy atom. The second kappa shape index (κ2) is 5.69. The lowest BCUT2D eigenvalue weighted by Crippen LogP contribution is -2.12. The zero-order chi connectivity index (χ0) is 16.6. The van der Waals surface area contributed by atoms with Crippen molar-refractivity contribution in [3.63, 3.8) is 0 Å². The van der Waals surface area contributed by atoms with Gasteiger partial charge in [-0.25, -0.2) is 4.39 Å². The summed E-state index contributed by atoms with van der Waals surface area (Å²) in [6.45, 7) is 0. The van der Waals surface area contributed by atoms with E-state index in [4.69, 9.17) is 16.0 Å². The monoisotopic (exact) mass is 334 g/mol. The van der Waals surface area contributed by atoms with Crippen LogP contribution in [0.5, 0.6) is 0 Å². The summed E-state index contributed by atoms with van der Waals surface area (Å²) in [6, 6.07) is 9.13. The molecule has 1 N–H and O–H groups in total. The number of halogens is 2. The lowest BCUT2D eigenvalue weighted by molar-refractivity contribution is -0.384. The van der Waals surface area contributed by atoms with Crippen LogP contribution in [0, 0.1) is 15.9 Å². The summed E-state index contributed by atoms with van der Waals surface area (Å²) < 4.78 is 19.0. The van der Waals surface area contributed by atoms with Crippen molar-refractivity contribution in [2.75, 3.05) is 5.32 Å². The van der Waals surface area contributed by atoms with Crippen LogP contribution in [0.4, 0.5) is 15.8 Å². The summed E-state index contributed by atoms with van der Waals surface area (Å²) >= 11 is 5.85. The minimum atomic E-state index is -0.789. The lowest BCUT2D eigenvalue weighted by atomic mass is 10.2. The molecule has 0 aliphatic heterocycles. The minimum absolute atomic E-state index is 0.0619. The predicted octanol–water partition coefficient (Wildman–Crippen LogP) is 4.39. The Hall–Kier alpha value is -2.93. The van der Waals surface area contributed by atoms with E-state index in [9.17, 15) is 19.3 Å². The van der Waals surface area contributed by atoms with Gasteiger partial charge in [-0.3, -0.25) is 14.9 Å². The third-order valence-electron chi connectivity index (χ3n) is 3.11. The van der Waals surface area contributed by atoms with E-state index in [0.717, 1.165) is 18.2 Å². The zero-order valence-corrected chi connectivity index (χ0v) is 12.1. The quantitative estimate of drug-likeness (QED) is 0.568. The number of hydrogen-bond donors (Lipinski definition) is 1. The average Bonchev–Trinajstić information content (AvgIpc) is 2.92. The highest BCUT2D eigenvalue weighted by Gasteiger charge is 2.17. The summed E-state index contributed by atoms with van der Waals surface area (Å²) in [4.78, 5) is 22.2. The maximum absolute atomic E-state index is 13.7. The van der Waals surface area contributed by atoms with E-state index < -0.39 is 16.6 Å². The number of carbonyl (C=O) groups excluding carboxylic acids is 1. The Balaban J connectivity index is 1.91. The van der Waals surface area contributed by atoms with Gasteiger partial charge in [0, 0.05) is 22.5 Å². The van der Waals surface area contributed by atoms with E-state index in [1.165, 1.54) is 6.07 Å². The van der Waals surface area contributed by atoms with Crippen LogP contribution in [0.3, 0.4) is 0 Å². The van der Waals surface area contributed by atoms with Crippen molar-refractivity contribution in [3.8, 4) is 0 Å². The van der Waals surface area contributed by atoms with Gasteiger partial charge in [0.05, 0.1) is 10.6 Å². The SMILES string of the molecule is O=C(Nc1cc([N+](=O)[O-])ccc1F)c1cc2cc(Cl)ccc2o1. The fourth-order valence-corrected chi connectivity index (χ4v) is 2.21. The molecule has 3 rings (SSSR count). The number of nitrogens with zero attached hydrogens (tertiary/aromatic N) is 1. The molecule has 2 aromatic carbocycles. The van der Waals surface area contributed by atoms with Crippen LogP contribution in [-0.4, -0.2) is 10.8 Å². The maximum Gasteiger partial charge on any atom is 0.291 e. The molecule has 0 fully saturated rings. The van der Waals surface area contributed by atoms with Crippen molar-refractivity contribution in [3.05, 3.63) is 69.2 Å². The van der Waals surface area contributed by atoms with Gasteiger partial charge in [0.25, 0.3) is 11.6 Å². The third kappa shape index (κ3) is 3.00. The molecule has 0 saturated carbocycles. The molecule has 0 spiro atoms. The van der Waals surface area contributed by atoms with Crippen molar-refractivity contribution in [1.82, 2.24) is 0 Å². The fraction of sp³-hybridized carbons (Fsp3) is 0. The van der Waals surface area contributed by atoms with Crippen LogP contribution in [0.15, 0.2) is 46.9 Å². The largest absolute Gasteiger partial charge is 0.451 e. The molecule has 0 aliphatic carbocycles. The number of furan rings is 1. The predicted molar refractivity (Wildman–Crippen MR) is 82.2 cm³/mol. The molecule has 116 valence electrons. The molecule has 6 nitrogen and oxygen atoms in total. The number of hydrogen-bond acceptors (Lipinski definition) is 4. The first-order valence-corrected chi connectivity index (χ1v) is 6.76. The smallest absolute Gasteiger partial charge is 0.291 e. The molecule has 23 heavy (non-hydrogen) atoms. The highest BCUT2D eigenvalue weighted by atomic mass is 35.5. The van der Waals surface area contributed by atoms with Crippen LogP contribution in [0.1, 0.15) is 10.6 Å². The normalized spacial score (nSPS) is 10.7. The number of non-ortho nitro benzene ring substituents is 1. The molecule has 3 aromatic rings. The highest BCUT2D eigenvalue weighted by Crippen LogP contribution is 2.25. The van der Waals surface area contributed by atoms with E-state index in [1.807, 2.05) is 0 Å². The number of carbonyl (C=O) groups is 1. The Bertz CT molecular complexity index is 938. The second-order valence-corrected chi connectivity index (χ2v) is 5.10. The minimum Gasteiger partial charge on any atom is -0.451 e. The first-order valence-electron chi connectivity index (χ1n) is 6.38. The molecule has 0 atom stereocenters. The number of nitrogens with one attached hydrogen (secondary N) is 1. The second-order valence-electron chi connectivity index (χ2n) is 4.67. The number of anilines is 1. The fourth-order valence-electron chi connectivity index (χ4n) is 2.03. The summed E-state index contributed by atoms with van der Waals surface area (Å²) in [5.74, 6) is -1.58. The summed E-state index contributed by atoms with van der Waals surface area (Å²) in [6.07, 6.45) is 0. The summed E-state index contributed by atoms with van der Waals surface area (Å²) in [5, 5.41) is 14.1. The first kappa shape index (κ1) is 15.0. The molecule has 1 aromatic heterocycles. The van der Waals surface area contributed by atoms with Gasteiger partial charge in [-0.05, 0) is 30.3 Å². The average molecular weight is 335 g/mol. The van der Waals surface area contributed by atoms with E-state index in [0.29, 0.717) is 16.0 Å². The zero-order valence-electron chi connectivity index (χ0n) is 11.4. The summed E-state index contributed by atoms with van der Waals surface area (Å²) in [5.41, 5.74) is -0.195. The topological polar surface area (TPSA) is 85.4 Å². The Morgan fingerprint density at radius 3 is 2.74 bits per heavy atom. The molecule has 0 unspecified atom stereocenters. The number of amides is 1. The van der Waals surface area contributed by atoms with Crippen LogP contribution >= 0.6 is 11.6 Å². The number of nitro benzene ring substituents is 1. The van der Waals surface area contributed by atoms with Crippen molar-refractivity contribution in [2.45, 2.75) is 0 Å². The molecular formula is C15H8ClFN2O4. The molecule has 8 heteroatoms. The van der Waals surface area contributed by atoms with E-state index in [2.05, 4.69) is 5.32 Å². The van der Waals surface area contributed by atoms with Gasteiger partial charge in [0.1, 0.15) is 11.4 Å². The van der Waals surface area contributed by atoms with Crippen molar-refractivity contribution in [1.29, 1.82) is 0 Å². The van der Waals surface area contributed by atoms with E-state index >= 15 is 0 Å². The van der Waals surface area contributed by atoms with Gasteiger partial charge in [0.2, 0.25) is 0 Å². The van der Waals surface area contributed by atoms with Crippen molar-refractivity contribution >= 4 is 39.9 Å². The van der Waals surface area contributed by atoms with Crippen LogP contribution in [-0.2, 0) is 0 Å². The molecular weight excluding hydrogens is 327 g/mol. The van der Waals surface area contributed by atoms with Crippen molar-refractivity contribution < 1.29 is 18.5 Å². The van der Waals surface area contributed by atoms with Gasteiger partial charge in [-0.1, -0.05) is 11.6 Å². The maximum atomic E-state index is 13.7. The van der Waals surface area contributed by atoms with Crippen molar-refractivity contribution in [2.24, 2.45) is 0 Å². The van der Waals surface area contributed by atoms with Gasteiger partial charge in [0.15, 0.2) is 5.76 Å². The Labute approximate surface area is 133 Å². The Kier molecular flexibility index (Phi) is 3.71. The molecule has 0 radical (unpaired) electrons. The van der Waals surface area contributed by atoms with Crippen LogP contribution in [0.2, 0.25) is 5.02 Å².